The SMILES string of the molecule is CCN1CCC(CC(=O)N2CC(c3nncn3CC(C)C)C3(CCCCC3)C2)CC1. The lowest BCUT2D eigenvalue weighted by atomic mass is 9.67. The van der Waals surface area contributed by atoms with Crippen LogP contribution in [0.1, 0.15) is 83.9 Å². The Bertz CT molecular complexity index is 700. The molecule has 4 rings (SSSR count). The van der Waals surface area contributed by atoms with E-state index in [2.05, 4.69) is 45.3 Å². The summed E-state index contributed by atoms with van der Waals surface area (Å²) < 4.78 is 2.26. The monoisotopic (exact) mass is 415 g/mol. The highest BCUT2D eigenvalue weighted by atomic mass is 16.2. The second-order valence-corrected chi connectivity index (χ2v) is 10.6. The van der Waals surface area contributed by atoms with E-state index in [4.69, 9.17) is 0 Å². The van der Waals surface area contributed by atoms with Crippen LogP contribution in [0.4, 0.5) is 0 Å². The molecule has 1 aromatic rings. The number of hydrogen-bond acceptors (Lipinski definition) is 4. The molecule has 1 unspecified atom stereocenters. The van der Waals surface area contributed by atoms with Crippen molar-refractivity contribution in [3.63, 3.8) is 0 Å². The van der Waals surface area contributed by atoms with Crippen LogP contribution in [0.25, 0.3) is 0 Å². The van der Waals surface area contributed by atoms with Crippen LogP contribution in [0.5, 0.6) is 0 Å². The van der Waals surface area contributed by atoms with E-state index < -0.39 is 0 Å². The minimum atomic E-state index is 0.210. The maximum atomic E-state index is 13.3. The van der Waals surface area contributed by atoms with Gasteiger partial charge in [-0.15, -0.1) is 10.2 Å². The summed E-state index contributed by atoms with van der Waals surface area (Å²) in [5.74, 6) is 2.97. The summed E-state index contributed by atoms with van der Waals surface area (Å²) in [6, 6.07) is 0. The topological polar surface area (TPSA) is 54.3 Å². The Labute approximate surface area is 182 Å². The average molecular weight is 416 g/mol. The molecule has 2 saturated heterocycles. The van der Waals surface area contributed by atoms with E-state index in [-0.39, 0.29) is 5.41 Å². The molecule has 168 valence electrons. The fraction of sp³-hybridized carbons (Fsp3) is 0.875. The van der Waals surface area contributed by atoms with Crippen LogP contribution in [0.2, 0.25) is 0 Å². The number of piperidine rings is 1. The molecule has 3 aliphatic rings. The fourth-order valence-corrected chi connectivity index (χ4v) is 6.23. The molecule has 0 aromatic carbocycles. The van der Waals surface area contributed by atoms with Crippen LogP contribution >= 0.6 is 0 Å². The molecule has 0 radical (unpaired) electrons. The molecule has 0 bridgehead atoms. The normalized spacial score (nSPS) is 25.5. The summed E-state index contributed by atoms with van der Waals surface area (Å²) in [5, 5.41) is 8.88. The van der Waals surface area contributed by atoms with Crippen LogP contribution in [-0.4, -0.2) is 63.2 Å². The summed E-state index contributed by atoms with van der Waals surface area (Å²) >= 11 is 0. The molecular weight excluding hydrogens is 374 g/mol. The summed E-state index contributed by atoms with van der Waals surface area (Å²) in [4.78, 5) is 18.0. The predicted octanol–water partition coefficient (Wildman–Crippen LogP) is 3.93. The zero-order valence-electron chi connectivity index (χ0n) is 19.4. The Hall–Kier alpha value is -1.43. The van der Waals surface area contributed by atoms with Crippen molar-refractivity contribution in [1.82, 2.24) is 24.6 Å². The van der Waals surface area contributed by atoms with E-state index in [0.717, 1.165) is 51.5 Å². The quantitative estimate of drug-likeness (QED) is 0.706. The number of hydrogen-bond donors (Lipinski definition) is 0. The van der Waals surface area contributed by atoms with Crippen molar-refractivity contribution in [2.45, 2.75) is 84.6 Å². The van der Waals surface area contributed by atoms with Crippen molar-refractivity contribution >= 4 is 5.91 Å². The lowest BCUT2D eigenvalue weighted by molar-refractivity contribution is -0.132. The van der Waals surface area contributed by atoms with Gasteiger partial charge in [-0.3, -0.25) is 4.79 Å². The molecule has 1 saturated carbocycles. The Balaban J connectivity index is 1.47. The van der Waals surface area contributed by atoms with Crippen molar-refractivity contribution in [3.8, 4) is 0 Å². The maximum Gasteiger partial charge on any atom is 0.222 e. The van der Waals surface area contributed by atoms with Gasteiger partial charge in [-0.2, -0.15) is 0 Å². The summed E-state index contributed by atoms with van der Waals surface area (Å²) in [6.45, 7) is 12.9. The highest BCUT2D eigenvalue weighted by Crippen LogP contribution is 2.51. The second-order valence-electron chi connectivity index (χ2n) is 10.6. The predicted molar refractivity (Wildman–Crippen MR) is 119 cm³/mol. The first-order valence-corrected chi connectivity index (χ1v) is 12.4. The van der Waals surface area contributed by atoms with Gasteiger partial charge in [-0.25, -0.2) is 0 Å². The lowest BCUT2D eigenvalue weighted by Gasteiger charge is -2.37. The van der Waals surface area contributed by atoms with Crippen molar-refractivity contribution in [1.29, 1.82) is 0 Å². The maximum absolute atomic E-state index is 13.3. The van der Waals surface area contributed by atoms with Gasteiger partial charge in [0.15, 0.2) is 0 Å². The standard InChI is InChI=1S/C24H41N5O/c1-4-27-12-8-20(9-13-27)14-22(30)28-16-21(24(17-28)10-6-5-7-11-24)23-26-25-18-29(23)15-19(2)3/h18-21H,4-17H2,1-3H3. The minimum Gasteiger partial charge on any atom is -0.341 e. The van der Waals surface area contributed by atoms with E-state index in [9.17, 15) is 4.79 Å². The van der Waals surface area contributed by atoms with Gasteiger partial charge in [0, 0.05) is 32.0 Å². The average Bonchev–Trinajstić information content (AvgIpc) is 3.33. The van der Waals surface area contributed by atoms with E-state index in [1.165, 1.54) is 44.9 Å². The zero-order valence-corrected chi connectivity index (χ0v) is 19.4. The molecule has 6 nitrogen and oxygen atoms in total. The second kappa shape index (κ2) is 9.37. The van der Waals surface area contributed by atoms with Crippen molar-refractivity contribution < 1.29 is 4.79 Å². The van der Waals surface area contributed by atoms with Gasteiger partial charge in [0.25, 0.3) is 0 Å². The summed E-state index contributed by atoms with van der Waals surface area (Å²) in [6.07, 6.45) is 11.3. The smallest absolute Gasteiger partial charge is 0.222 e. The van der Waals surface area contributed by atoms with Gasteiger partial charge in [0.1, 0.15) is 12.2 Å². The van der Waals surface area contributed by atoms with Crippen molar-refractivity contribution in [2.75, 3.05) is 32.7 Å². The molecule has 2 aliphatic heterocycles. The van der Waals surface area contributed by atoms with Gasteiger partial charge < -0.3 is 14.4 Å². The van der Waals surface area contributed by atoms with E-state index in [0.29, 0.717) is 23.7 Å². The molecule has 0 N–H and O–H groups in total. The third-order valence-electron chi connectivity index (χ3n) is 7.99. The number of carbonyl (C=O) groups excluding carboxylic acids is 1. The van der Waals surface area contributed by atoms with Crippen LogP contribution < -0.4 is 0 Å². The fourth-order valence-electron chi connectivity index (χ4n) is 6.23. The molecule has 1 spiro atoms. The summed E-state index contributed by atoms with van der Waals surface area (Å²) in [5.41, 5.74) is 0.210. The van der Waals surface area contributed by atoms with Crippen molar-refractivity contribution in [2.24, 2.45) is 17.3 Å². The Kier molecular flexibility index (Phi) is 6.81. The first-order chi connectivity index (χ1) is 14.5. The third-order valence-corrected chi connectivity index (χ3v) is 7.99. The first-order valence-electron chi connectivity index (χ1n) is 12.4. The Morgan fingerprint density at radius 2 is 1.93 bits per heavy atom. The highest BCUT2D eigenvalue weighted by Gasteiger charge is 2.50. The number of amides is 1. The Morgan fingerprint density at radius 1 is 1.20 bits per heavy atom. The van der Waals surface area contributed by atoms with Gasteiger partial charge in [0.2, 0.25) is 5.91 Å². The first kappa shape index (κ1) is 21.8. The number of likely N-dealkylation sites (tertiary alicyclic amines) is 2. The number of rotatable bonds is 6. The largest absolute Gasteiger partial charge is 0.341 e. The van der Waals surface area contributed by atoms with E-state index in [1.807, 2.05) is 6.33 Å². The van der Waals surface area contributed by atoms with Gasteiger partial charge in [0.05, 0.1) is 0 Å². The van der Waals surface area contributed by atoms with Crippen molar-refractivity contribution in [3.05, 3.63) is 12.2 Å². The summed E-state index contributed by atoms with van der Waals surface area (Å²) in [7, 11) is 0. The number of nitrogens with zero attached hydrogens (tertiary/aromatic N) is 5. The minimum absolute atomic E-state index is 0.210. The highest BCUT2D eigenvalue weighted by molar-refractivity contribution is 5.77. The molecule has 30 heavy (non-hydrogen) atoms. The van der Waals surface area contributed by atoms with Crippen LogP contribution in [-0.2, 0) is 11.3 Å². The van der Waals surface area contributed by atoms with Gasteiger partial charge >= 0.3 is 0 Å². The molecule has 3 fully saturated rings. The molecule has 1 amide bonds. The third kappa shape index (κ3) is 4.58. The molecule has 3 heterocycles. The van der Waals surface area contributed by atoms with E-state index in [1.54, 1.807) is 0 Å². The molecule has 1 atom stereocenters. The van der Waals surface area contributed by atoms with E-state index >= 15 is 0 Å². The molecule has 6 heteroatoms. The van der Waals surface area contributed by atoms with Gasteiger partial charge in [-0.1, -0.05) is 40.0 Å². The van der Waals surface area contributed by atoms with Crippen LogP contribution in [0, 0.1) is 17.3 Å². The molecule has 1 aromatic heterocycles. The zero-order chi connectivity index (χ0) is 21.1. The Morgan fingerprint density at radius 3 is 2.60 bits per heavy atom. The van der Waals surface area contributed by atoms with Crippen LogP contribution in [0.3, 0.4) is 0 Å². The van der Waals surface area contributed by atoms with Gasteiger partial charge in [-0.05, 0) is 62.6 Å². The molecule has 1 aliphatic carbocycles. The van der Waals surface area contributed by atoms with Crippen LogP contribution in [0.15, 0.2) is 6.33 Å². The number of carbonyl (C=O) groups is 1. The number of aromatic nitrogens is 3. The molecular formula is C24H41N5O. The lowest BCUT2D eigenvalue weighted by Crippen LogP contribution is -2.37.